The number of hydrogen-bond acceptors (Lipinski definition) is 3. The minimum absolute atomic E-state index is 0.290. The van der Waals surface area contributed by atoms with Gasteiger partial charge in [-0.2, -0.15) is 0 Å². The molecule has 0 heterocycles. The van der Waals surface area contributed by atoms with Gasteiger partial charge in [0.05, 0.1) is 0 Å². The van der Waals surface area contributed by atoms with Crippen molar-refractivity contribution in [3.8, 4) is 0 Å². The van der Waals surface area contributed by atoms with Crippen LogP contribution < -0.4 is 10.6 Å². The van der Waals surface area contributed by atoms with Crippen LogP contribution in [0.2, 0.25) is 0 Å². The molecule has 2 saturated carbocycles. The second-order valence-corrected chi connectivity index (χ2v) is 8.27. The fourth-order valence-electron chi connectivity index (χ4n) is 3.76. The smallest absolute Gasteiger partial charge is 0.407 e. The number of rotatable bonds is 6. The van der Waals surface area contributed by atoms with Crippen LogP contribution >= 0.6 is 0 Å². The molecule has 0 spiro atoms. The van der Waals surface area contributed by atoms with Crippen molar-refractivity contribution in [1.29, 1.82) is 0 Å². The first-order valence-electron chi connectivity index (χ1n) is 9.04. The van der Waals surface area contributed by atoms with E-state index in [1.54, 1.807) is 0 Å². The number of ether oxygens (including phenoxy) is 1. The maximum Gasteiger partial charge on any atom is 0.407 e. The molecule has 1 amide bonds. The van der Waals surface area contributed by atoms with Gasteiger partial charge in [-0.1, -0.05) is 19.8 Å². The van der Waals surface area contributed by atoms with Crippen molar-refractivity contribution in [1.82, 2.24) is 10.6 Å². The van der Waals surface area contributed by atoms with Gasteiger partial charge in [0.2, 0.25) is 0 Å². The summed E-state index contributed by atoms with van der Waals surface area (Å²) < 4.78 is 5.32. The molecule has 2 fully saturated rings. The number of alkyl carbamates (subject to hydrolysis) is 1. The summed E-state index contributed by atoms with van der Waals surface area (Å²) in [6.45, 7) is 9.89. The van der Waals surface area contributed by atoms with Crippen LogP contribution in [0.4, 0.5) is 4.79 Å². The molecule has 2 aliphatic rings. The molecule has 2 N–H and O–H groups in total. The first-order chi connectivity index (χ1) is 10.3. The van der Waals surface area contributed by atoms with Gasteiger partial charge >= 0.3 is 6.09 Å². The van der Waals surface area contributed by atoms with Gasteiger partial charge in [0.15, 0.2) is 0 Å². The zero-order valence-corrected chi connectivity index (χ0v) is 14.8. The summed E-state index contributed by atoms with van der Waals surface area (Å²) in [6.07, 6.45) is 8.85. The summed E-state index contributed by atoms with van der Waals surface area (Å²) in [4.78, 5) is 11.8. The Bertz CT molecular complexity index is 366. The van der Waals surface area contributed by atoms with Crippen LogP contribution in [0.3, 0.4) is 0 Å². The molecule has 22 heavy (non-hydrogen) atoms. The topological polar surface area (TPSA) is 50.4 Å². The lowest BCUT2D eigenvalue weighted by Crippen LogP contribution is -2.46. The number of hydrogen-bond donors (Lipinski definition) is 2. The van der Waals surface area contributed by atoms with Crippen molar-refractivity contribution in [2.45, 2.75) is 84.3 Å². The van der Waals surface area contributed by atoms with Crippen LogP contribution in [0.15, 0.2) is 0 Å². The van der Waals surface area contributed by atoms with Crippen LogP contribution in [0.25, 0.3) is 0 Å². The number of carbonyl (C=O) groups excluding carboxylic acids is 1. The molecule has 2 atom stereocenters. The molecule has 4 nitrogen and oxygen atoms in total. The van der Waals surface area contributed by atoms with Crippen molar-refractivity contribution < 1.29 is 9.53 Å². The molecule has 2 aliphatic carbocycles. The molecule has 0 bridgehead atoms. The summed E-state index contributed by atoms with van der Waals surface area (Å²) in [6, 6.07) is 0.555. The van der Waals surface area contributed by atoms with Crippen LogP contribution in [0, 0.1) is 11.3 Å². The molecule has 0 aliphatic heterocycles. The molecule has 0 radical (unpaired) electrons. The maximum atomic E-state index is 11.8. The van der Waals surface area contributed by atoms with E-state index in [0.29, 0.717) is 17.4 Å². The molecule has 4 heteroatoms. The average Bonchev–Trinajstić information content (AvgIpc) is 2.81. The molecular weight excluding hydrogens is 276 g/mol. The van der Waals surface area contributed by atoms with Gasteiger partial charge in [-0.25, -0.2) is 4.79 Å². The average molecular weight is 310 g/mol. The highest BCUT2D eigenvalue weighted by Crippen LogP contribution is 2.43. The predicted octanol–water partition coefficient (Wildman–Crippen LogP) is 3.85. The Morgan fingerprint density at radius 1 is 1.23 bits per heavy atom. The molecule has 2 rings (SSSR count). The van der Waals surface area contributed by atoms with Crippen molar-refractivity contribution in [2.75, 3.05) is 13.1 Å². The molecule has 128 valence electrons. The summed E-state index contributed by atoms with van der Waals surface area (Å²) >= 11 is 0. The number of carbonyl (C=O) groups is 1. The zero-order valence-electron chi connectivity index (χ0n) is 14.8. The quantitative estimate of drug-likeness (QED) is 0.783. The van der Waals surface area contributed by atoms with E-state index in [4.69, 9.17) is 4.74 Å². The van der Waals surface area contributed by atoms with Crippen LogP contribution in [0.5, 0.6) is 0 Å². The second-order valence-electron chi connectivity index (χ2n) is 8.27. The number of nitrogens with one attached hydrogen (secondary N) is 2. The molecular formula is C18H34N2O2. The predicted molar refractivity (Wildman–Crippen MR) is 89.9 cm³/mol. The SMILES string of the molecule is CCC1(CNC2CCCC2CNC(=O)OC(C)(C)C)CCC1. The normalized spacial score (nSPS) is 27.3. The maximum absolute atomic E-state index is 11.8. The molecule has 2 unspecified atom stereocenters. The largest absolute Gasteiger partial charge is 0.444 e. The zero-order chi connectivity index (χ0) is 16.2. The van der Waals surface area contributed by atoms with Gasteiger partial charge in [0.25, 0.3) is 0 Å². The van der Waals surface area contributed by atoms with Gasteiger partial charge < -0.3 is 15.4 Å². The van der Waals surface area contributed by atoms with E-state index in [2.05, 4.69) is 17.6 Å². The van der Waals surface area contributed by atoms with Crippen molar-refractivity contribution in [3.63, 3.8) is 0 Å². The van der Waals surface area contributed by atoms with E-state index in [9.17, 15) is 4.79 Å². The Kier molecular flexibility index (Phi) is 5.76. The Hall–Kier alpha value is -0.770. The van der Waals surface area contributed by atoms with Crippen LogP contribution in [0.1, 0.15) is 72.6 Å². The lowest BCUT2D eigenvalue weighted by atomic mass is 9.67. The highest BCUT2D eigenvalue weighted by molar-refractivity contribution is 5.67. The third-order valence-corrected chi connectivity index (χ3v) is 5.47. The van der Waals surface area contributed by atoms with Gasteiger partial charge in [-0.3, -0.25) is 0 Å². The molecule has 0 saturated heterocycles. The summed E-state index contributed by atoms with van der Waals surface area (Å²) in [5.41, 5.74) is 0.140. The Labute approximate surface area is 135 Å². The fourth-order valence-corrected chi connectivity index (χ4v) is 3.76. The lowest BCUT2D eigenvalue weighted by Gasteiger charge is -2.42. The van der Waals surface area contributed by atoms with E-state index in [-0.39, 0.29) is 6.09 Å². The Morgan fingerprint density at radius 2 is 1.95 bits per heavy atom. The Morgan fingerprint density at radius 3 is 2.50 bits per heavy atom. The van der Waals surface area contributed by atoms with E-state index in [1.165, 1.54) is 44.9 Å². The van der Waals surface area contributed by atoms with Gasteiger partial charge in [0, 0.05) is 19.1 Å². The molecule has 0 aromatic carbocycles. The van der Waals surface area contributed by atoms with Crippen LogP contribution in [-0.2, 0) is 4.74 Å². The van der Waals surface area contributed by atoms with Crippen molar-refractivity contribution >= 4 is 6.09 Å². The Balaban J connectivity index is 1.72. The monoisotopic (exact) mass is 310 g/mol. The van der Waals surface area contributed by atoms with Gasteiger partial charge in [0.1, 0.15) is 5.60 Å². The second kappa shape index (κ2) is 7.20. The van der Waals surface area contributed by atoms with Crippen molar-refractivity contribution in [3.05, 3.63) is 0 Å². The highest BCUT2D eigenvalue weighted by Gasteiger charge is 2.36. The van der Waals surface area contributed by atoms with E-state index in [0.717, 1.165) is 13.1 Å². The first kappa shape index (κ1) is 17.6. The lowest BCUT2D eigenvalue weighted by molar-refractivity contribution is 0.0515. The van der Waals surface area contributed by atoms with E-state index < -0.39 is 5.60 Å². The third kappa shape index (κ3) is 4.87. The van der Waals surface area contributed by atoms with E-state index in [1.807, 2.05) is 20.8 Å². The minimum Gasteiger partial charge on any atom is -0.444 e. The minimum atomic E-state index is -0.421. The standard InChI is InChI=1S/C18H34N2O2/c1-5-18(10-7-11-18)13-20-15-9-6-8-14(15)12-19-16(21)22-17(2,3)4/h14-15,20H,5-13H2,1-4H3,(H,19,21). The third-order valence-electron chi connectivity index (χ3n) is 5.47. The van der Waals surface area contributed by atoms with Gasteiger partial charge in [-0.05, 0) is 64.2 Å². The van der Waals surface area contributed by atoms with E-state index >= 15 is 0 Å². The molecule has 0 aromatic heterocycles. The number of amides is 1. The van der Waals surface area contributed by atoms with Gasteiger partial charge in [-0.15, -0.1) is 0 Å². The first-order valence-corrected chi connectivity index (χ1v) is 9.04. The van der Waals surface area contributed by atoms with Crippen LogP contribution in [-0.4, -0.2) is 30.8 Å². The van der Waals surface area contributed by atoms with Crippen molar-refractivity contribution in [2.24, 2.45) is 11.3 Å². The highest BCUT2D eigenvalue weighted by atomic mass is 16.6. The fraction of sp³-hybridized carbons (Fsp3) is 0.944. The molecule has 0 aromatic rings. The summed E-state index contributed by atoms with van der Waals surface area (Å²) in [5, 5.41) is 6.75. The summed E-state index contributed by atoms with van der Waals surface area (Å²) in [7, 11) is 0. The summed E-state index contributed by atoms with van der Waals surface area (Å²) in [5.74, 6) is 0.543.